The van der Waals surface area contributed by atoms with Crippen LogP contribution in [0.4, 0.5) is 0 Å². The lowest BCUT2D eigenvalue weighted by molar-refractivity contribution is 0.794. The molecule has 0 fully saturated rings. The van der Waals surface area contributed by atoms with Gasteiger partial charge >= 0.3 is 0 Å². The normalized spacial score (nSPS) is 13.4. The minimum atomic E-state index is -0.364. The second-order valence-electron chi connectivity index (χ2n) is 14.5. The van der Waals surface area contributed by atoms with Gasteiger partial charge in [-0.05, 0) is 104 Å². The molecule has 0 aliphatic heterocycles. The Morgan fingerprint density at radius 2 is 0.943 bits per heavy atom. The van der Waals surface area contributed by atoms with Crippen LogP contribution in [0.5, 0.6) is 0 Å². The third kappa shape index (κ3) is 3.72. The Morgan fingerprint density at radius 3 is 1.68 bits per heavy atom. The standard InChI is InChI=1S/C51H32N2/c1-2-14-35(15-3-1)52-30-29-43-48(52)28-27-42-41-20-7-11-24-49(41)53(50(42)43)36-16-12-13-33(31-36)34-25-26-40-39-19-6-10-23-46(39)51(47(40)32-34)44-21-8-4-17-37(44)38-18-5-9-22-45(38)51/h1-32H. The van der Waals surface area contributed by atoms with E-state index in [0.29, 0.717) is 0 Å². The molecule has 1 spiro atoms. The molecule has 2 heterocycles. The summed E-state index contributed by atoms with van der Waals surface area (Å²) in [5, 5.41) is 3.77. The molecule has 2 heteroatoms. The Balaban J connectivity index is 1.09. The Hall–Kier alpha value is -6.90. The predicted octanol–water partition coefficient (Wildman–Crippen LogP) is 12.7. The molecule has 8 aromatic carbocycles. The van der Waals surface area contributed by atoms with E-state index < -0.39 is 0 Å². The lowest BCUT2D eigenvalue weighted by atomic mass is 9.70. The number of hydrogen-bond acceptors (Lipinski definition) is 0. The van der Waals surface area contributed by atoms with Crippen molar-refractivity contribution in [2.45, 2.75) is 5.41 Å². The maximum absolute atomic E-state index is 2.48. The number of nitrogens with zero attached hydrogens (tertiary/aromatic N) is 2. The second-order valence-corrected chi connectivity index (χ2v) is 14.5. The van der Waals surface area contributed by atoms with Crippen molar-refractivity contribution in [2.24, 2.45) is 0 Å². The van der Waals surface area contributed by atoms with Crippen LogP contribution in [0.25, 0.3) is 77.5 Å². The number of aromatic nitrogens is 2. The van der Waals surface area contributed by atoms with E-state index in [1.54, 1.807) is 0 Å². The van der Waals surface area contributed by atoms with Crippen LogP contribution in [0.2, 0.25) is 0 Å². The summed E-state index contributed by atoms with van der Waals surface area (Å²) in [6.45, 7) is 0. The van der Waals surface area contributed by atoms with Gasteiger partial charge in [-0.15, -0.1) is 0 Å². The first-order valence-corrected chi connectivity index (χ1v) is 18.4. The SMILES string of the molecule is c1ccc(-n2ccc3c2ccc2c4ccccc4n(-c4cccc(-c5ccc6c(c5)C5(c7ccccc7-c7ccccc75)c5ccccc5-6)c4)c23)cc1. The van der Waals surface area contributed by atoms with Crippen LogP contribution in [0, 0.1) is 0 Å². The molecule has 0 bridgehead atoms. The van der Waals surface area contributed by atoms with E-state index in [1.165, 1.54) is 88.3 Å². The van der Waals surface area contributed by atoms with Gasteiger partial charge in [-0.1, -0.05) is 140 Å². The molecular formula is C51H32N2. The summed E-state index contributed by atoms with van der Waals surface area (Å²) in [5.74, 6) is 0. The molecule has 0 amide bonds. The third-order valence-electron chi connectivity index (χ3n) is 12.0. The Kier molecular flexibility index (Phi) is 5.73. The minimum absolute atomic E-state index is 0.364. The Labute approximate surface area is 307 Å². The average Bonchev–Trinajstić information content (AvgIpc) is 3.97. The van der Waals surface area contributed by atoms with Crippen LogP contribution in [-0.2, 0) is 5.41 Å². The zero-order chi connectivity index (χ0) is 34.7. The molecule has 53 heavy (non-hydrogen) atoms. The monoisotopic (exact) mass is 672 g/mol. The lowest BCUT2D eigenvalue weighted by Crippen LogP contribution is -2.25. The van der Waals surface area contributed by atoms with E-state index in [4.69, 9.17) is 0 Å². The third-order valence-corrected chi connectivity index (χ3v) is 12.0. The largest absolute Gasteiger partial charge is 0.316 e. The fraction of sp³-hybridized carbons (Fsp3) is 0.0196. The van der Waals surface area contributed by atoms with Gasteiger partial charge < -0.3 is 9.13 Å². The number of rotatable bonds is 3. The van der Waals surface area contributed by atoms with Crippen molar-refractivity contribution >= 4 is 32.7 Å². The summed E-state index contributed by atoms with van der Waals surface area (Å²) in [5.41, 5.74) is 18.8. The van der Waals surface area contributed by atoms with E-state index in [0.717, 1.165) is 11.4 Å². The van der Waals surface area contributed by atoms with Gasteiger partial charge in [0, 0.05) is 33.7 Å². The van der Waals surface area contributed by atoms with E-state index in [1.807, 2.05) is 0 Å². The van der Waals surface area contributed by atoms with Crippen molar-refractivity contribution in [1.29, 1.82) is 0 Å². The van der Waals surface area contributed by atoms with Crippen molar-refractivity contribution < 1.29 is 0 Å². The highest BCUT2D eigenvalue weighted by Gasteiger charge is 2.51. The molecule has 2 aliphatic carbocycles. The van der Waals surface area contributed by atoms with Gasteiger partial charge in [0.2, 0.25) is 0 Å². The topological polar surface area (TPSA) is 9.86 Å². The fourth-order valence-corrected chi connectivity index (χ4v) is 9.86. The van der Waals surface area contributed by atoms with Gasteiger partial charge in [-0.25, -0.2) is 0 Å². The molecule has 246 valence electrons. The molecule has 0 saturated carbocycles. The van der Waals surface area contributed by atoms with Crippen LogP contribution >= 0.6 is 0 Å². The Bertz CT molecular complexity index is 3060. The van der Waals surface area contributed by atoms with E-state index in [-0.39, 0.29) is 5.41 Å². The van der Waals surface area contributed by atoms with Crippen LogP contribution in [0.3, 0.4) is 0 Å². The summed E-state index contributed by atoms with van der Waals surface area (Å²) in [6.07, 6.45) is 2.20. The smallest absolute Gasteiger partial charge is 0.0725 e. The number of fused-ring (bicyclic) bond motifs is 15. The van der Waals surface area contributed by atoms with E-state index in [2.05, 4.69) is 203 Å². The van der Waals surface area contributed by atoms with Crippen molar-refractivity contribution in [3.63, 3.8) is 0 Å². The summed E-state index contributed by atoms with van der Waals surface area (Å²) in [6, 6.07) is 69.7. The van der Waals surface area contributed by atoms with Crippen LogP contribution in [0.1, 0.15) is 22.3 Å². The first-order chi connectivity index (χ1) is 26.3. The molecule has 0 N–H and O–H groups in total. The molecular weight excluding hydrogens is 641 g/mol. The molecule has 0 unspecified atom stereocenters. The van der Waals surface area contributed by atoms with Gasteiger partial charge in [-0.3, -0.25) is 0 Å². The van der Waals surface area contributed by atoms with Crippen molar-refractivity contribution in [1.82, 2.24) is 9.13 Å². The van der Waals surface area contributed by atoms with Crippen molar-refractivity contribution in [2.75, 3.05) is 0 Å². The van der Waals surface area contributed by atoms with Gasteiger partial charge in [0.1, 0.15) is 0 Å². The molecule has 2 nitrogen and oxygen atoms in total. The first kappa shape index (κ1) is 28.8. The first-order valence-electron chi connectivity index (χ1n) is 18.4. The van der Waals surface area contributed by atoms with Crippen LogP contribution < -0.4 is 0 Å². The maximum atomic E-state index is 2.48. The van der Waals surface area contributed by atoms with Crippen molar-refractivity contribution in [3.05, 3.63) is 217 Å². The maximum Gasteiger partial charge on any atom is 0.0725 e. The summed E-state index contributed by atoms with van der Waals surface area (Å²) in [4.78, 5) is 0. The number of benzene rings is 8. The second kappa shape index (κ2) is 10.6. The quantitative estimate of drug-likeness (QED) is 0.177. The Morgan fingerprint density at radius 1 is 0.340 bits per heavy atom. The average molecular weight is 673 g/mol. The number of para-hydroxylation sites is 2. The highest BCUT2D eigenvalue weighted by atomic mass is 15.0. The van der Waals surface area contributed by atoms with Gasteiger partial charge in [0.05, 0.1) is 22.0 Å². The zero-order valence-corrected chi connectivity index (χ0v) is 28.9. The minimum Gasteiger partial charge on any atom is -0.316 e. The molecule has 10 aromatic rings. The number of hydrogen-bond donors (Lipinski definition) is 0. The van der Waals surface area contributed by atoms with Gasteiger partial charge in [-0.2, -0.15) is 0 Å². The molecule has 2 aromatic heterocycles. The van der Waals surface area contributed by atoms with E-state index >= 15 is 0 Å². The van der Waals surface area contributed by atoms with Gasteiger partial charge in [0.15, 0.2) is 0 Å². The van der Waals surface area contributed by atoms with Crippen molar-refractivity contribution in [3.8, 4) is 44.8 Å². The fourth-order valence-electron chi connectivity index (χ4n) is 9.86. The molecule has 2 aliphatic rings. The van der Waals surface area contributed by atoms with Crippen LogP contribution in [-0.4, -0.2) is 9.13 Å². The molecule has 12 rings (SSSR count). The highest BCUT2D eigenvalue weighted by molar-refractivity contribution is 6.18. The molecule has 0 radical (unpaired) electrons. The van der Waals surface area contributed by atoms with Crippen LogP contribution in [0.15, 0.2) is 194 Å². The molecule has 0 atom stereocenters. The summed E-state index contributed by atoms with van der Waals surface area (Å²) >= 11 is 0. The highest BCUT2D eigenvalue weighted by Crippen LogP contribution is 2.63. The predicted molar refractivity (Wildman–Crippen MR) is 219 cm³/mol. The molecule has 0 saturated heterocycles. The lowest BCUT2D eigenvalue weighted by Gasteiger charge is -2.30. The summed E-state index contributed by atoms with van der Waals surface area (Å²) in [7, 11) is 0. The zero-order valence-electron chi connectivity index (χ0n) is 28.9. The summed E-state index contributed by atoms with van der Waals surface area (Å²) < 4.78 is 4.77. The van der Waals surface area contributed by atoms with E-state index in [9.17, 15) is 0 Å². The van der Waals surface area contributed by atoms with Gasteiger partial charge in [0.25, 0.3) is 0 Å².